The fourth-order valence-electron chi connectivity index (χ4n) is 2.97. The van der Waals surface area contributed by atoms with Gasteiger partial charge in [0.2, 0.25) is 5.91 Å². The highest BCUT2D eigenvalue weighted by atomic mass is 16.2. The van der Waals surface area contributed by atoms with Crippen molar-refractivity contribution < 1.29 is 9.59 Å². The zero-order chi connectivity index (χ0) is 16.5. The molecule has 5 heteroatoms. The van der Waals surface area contributed by atoms with E-state index in [2.05, 4.69) is 17.6 Å². The molecule has 2 unspecified atom stereocenters. The number of carbonyl (C=O) groups excluding carboxylic acids is 2. The lowest BCUT2D eigenvalue weighted by Gasteiger charge is -2.30. The number of amides is 3. The van der Waals surface area contributed by atoms with Gasteiger partial charge in [-0.15, -0.1) is 0 Å². The molecule has 1 fully saturated rings. The van der Waals surface area contributed by atoms with E-state index < -0.39 is 0 Å². The van der Waals surface area contributed by atoms with Crippen LogP contribution >= 0.6 is 0 Å². The van der Waals surface area contributed by atoms with Crippen molar-refractivity contribution in [1.82, 2.24) is 15.5 Å². The molecule has 0 aromatic rings. The second kappa shape index (κ2) is 9.70. The first-order valence-electron chi connectivity index (χ1n) is 8.72. The van der Waals surface area contributed by atoms with Crippen LogP contribution in [-0.2, 0) is 4.79 Å². The number of likely N-dealkylation sites (N-methyl/N-ethyl adjacent to an activating group) is 1. The summed E-state index contributed by atoms with van der Waals surface area (Å²) in [5.41, 5.74) is 0. The van der Waals surface area contributed by atoms with Crippen LogP contribution in [0.1, 0.15) is 59.3 Å². The summed E-state index contributed by atoms with van der Waals surface area (Å²) in [5.74, 6) is 1.49. The molecule has 0 aromatic carbocycles. The first-order chi connectivity index (χ1) is 10.4. The summed E-state index contributed by atoms with van der Waals surface area (Å²) in [6.07, 6.45) is 7.23. The van der Waals surface area contributed by atoms with E-state index in [9.17, 15) is 9.59 Å². The summed E-state index contributed by atoms with van der Waals surface area (Å²) in [5, 5.41) is 5.43. The maximum Gasteiger partial charge on any atom is 0.315 e. The van der Waals surface area contributed by atoms with Crippen molar-refractivity contribution in [3.8, 4) is 0 Å². The molecule has 0 spiro atoms. The molecule has 3 amide bonds. The molecule has 0 radical (unpaired) electrons. The Morgan fingerprint density at radius 3 is 2.59 bits per heavy atom. The number of nitrogens with zero attached hydrogens (tertiary/aromatic N) is 1. The minimum atomic E-state index is -0.267. The zero-order valence-corrected chi connectivity index (χ0v) is 14.7. The average Bonchev–Trinajstić information content (AvgIpc) is 2.51. The van der Waals surface area contributed by atoms with E-state index in [0.717, 1.165) is 31.2 Å². The van der Waals surface area contributed by atoms with Gasteiger partial charge in [-0.2, -0.15) is 0 Å². The topological polar surface area (TPSA) is 61.4 Å². The summed E-state index contributed by atoms with van der Waals surface area (Å²) in [7, 11) is 1.82. The molecule has 0 saturated heterocycles. The second-order valence-electron chi connectivity index (χ2n) is 6.76. The summed E-state index contributed by atoms with van der Waals surface area (Å²) in [4.78, 5) is 25.4. The molecular formula is C17H33N3O2. The predicted molar refractivity (Wildman–Crippen MR) is 89.7 cm³/mol. The van der Waals surface area contributed by atoms with Gasteiger partial charge in [-0.25, -0.2) is 4.79 Å². The van der Waals surface area contributed by atoms with Crippen LogP contribution in [0.2, 0.25) is 0 Å². The van der Waals surface area contributed by atoms with Crippen molar-refractivity contribution in [2.75, 3.05) is 20.1 Å². The summed E-state index contributed by atoms with van der Waals surface area (Å²) >= 11 is 0. The summed E-state index contributed by atoms with van der Waals surface area (Å²) in [6, 6.07) is -0.141. The molecule has 5 nitrogen and oxygen atoms in total. The largest absolute Gasteiger partial charge is 0.344 e. The summed E-state index contributed by atoms with van der Waals surface area (Å²) in [6.45, 7) is 7.13. The van der Waals surface area contributed by atoms with Gasteiger partial charge in [0.05, 0.1) is 6.54 Å². The van der Waals surface area contributed by atoms with Gasteiger partial charge in [-0.1, -0.05) is 39.5 Å². The molecule has 128 valence electrons. The quantitative estimate of drug-likeness (QED) is 0.759. The molecule has 1 rings (SSSR count). The Labute approximate surface area is 135 Å². The van der Waals surface area contributed by atoms with Gasteiger partial charge >= 0.3 is 6.03 Å². The highest BCUT2D eigenvalue weighted by molar-refractivity contribution is 5.83. The van der Waals surface area contributed by atoms with E-state index in [1.807, 2.05) is 20.9 Å². The lowest BCUT2D eigenvalue weighted by atomic mass is 9.78. The van der Waals surface area contributed by atoms with E-state index >= 15 is 0 Å². The molecule has 0 aliphatic heterocycles. The number of hydrogen-bond acceptors (Lipinski definition) is 2. The Bertz CT molecular complexity index is 360. The van der Waals surface area contributed by atoms with Crippen molar-refractivity contribution >= 4 is 11.9 Å². The Kier molecular flexibility index (Phi) is 8.28. The SMILES string of the molecule is CCC(C)NC(=O)NCC(=O)N(C)CCC1CCCC[C@@H]1C. The van der Waals surface area contributed by atoms with Crippen LogP contribution in [0.3, 0.4) is 0 Å². The minimum absolute atomic E-state index is 0.0252. The number of nitrogens with one attached hydrogen (secondary N) is 2. The van der Waals surface area contributed by atoms with E-state index in [1.165, 1.54) is 25.7 Å². The van der Waals surface area contributed by atoms with Crippen molar-refractivity contribution in [2.24, 2.45) is 11.8 Å². The zero-order valence-electron chi connectivity index (χ0n) is 14.7. The van der Waals surface area contributed by atoms with Gasteiger partial charge < -0.3 is 15.5 Å². The van der Waals surface area contributed by atoms with E-state index in [0.29, 0.717) is 0 Å². The average molecular weight is 311 g/mol. The Hall–Kier alpha value is -1.26. The predicted octanol–water partition coefficient (Wildman–Crippen LogP) is 2.76. The van der Waals surface area contributed by atoms with Crippen molar-refractivity contribution in [3.63, 3.8) is 0 Å². The van der Waals surface area contributed by atoms with Gasteiger partial charge in [0, 0.05) is 19.6 Å². The lowest BCUT2D eigenvalue weighted by molar-refractivity contribution is -0.129. The number of rotatable bonds is 7. The molecule has 1 aliphatic carbocycles. The molecule has 0 heterocycles. The van der Waals surface area contributed by atoms with E-state index in [1.54, 1.807) is 4.90 Å². The minimum Gasteiger partial charge on any atom is -0.344 e. The Morgan fingerprint density at radius 2 is 1.95 bits per heavy atom. The maximum atomic E-state index is 12.0. The molecule has 22 heavy (non-hydrogen) atoms. The van der Waals surface area contributed by atoms with E-state index in [4.69, 9.17) is 0 Å². The highest BCUT2D eigenvalue weighted by Gasteiger charge is 2.22. The molecule has 1 aliphatic rings. The Balaban J connectivity index is 2.22. The van der Waals surface area contributed by atoms with Gasteiger partial charge in [-0.3, -0.25) is 4.79 Å². The van der Waals surface area contributed by atoms with E-state index in [-0.39, 0.29) is 24.5 Å². The standard InChI is InChI=1S/C17H33N3O2/c1-5-14(3)19-17(22)18-12-16(21)20(4)11-10-15-9-7-6-8-13(15)2/h13-15H,5-12H2,1-4H3,(H2,18,19,22)/t13-,14?,15?/m0/s1. The van der Waals surface area contributed by atoms with Crippen molar-refractivity contribution in [2.45, 2.75) is 65.3 Å². The highest BCUT2D eigenvalue weighted by Crippen LogP contribution is 2.31. The molecule has 0 aromatic heterocycles. The molecule has 2 N–H and O–H groups in total. The fourth-order valence-corrected chi connectivity index (χ4v) is 2.97. The maximum absolute atomic E-state index is 12.0. The van der Waals surface area contributed by atoms with Crippen LogP contribution in [0, 0.1) is 11.8 Å². The van der Waals surface area contributed by atoms with Crippen LogP contribution < -0.4 is 10.6 Å². The first-order valence-corrected chi connectivity index (χ1v) is 8.72. The number of urea groups is 1. The third-order valence-electron chi connectivity index (χ3n) is 4.94. The number of carbonyl (C=O) groups is 2. The van der Waals surface area contributed by atoms with Crippen LogP contribution in [-0.4, -0.2) is 43.0 Å². The third-order valence-corrected chi connectivity index (χ3v) is 4.94. The third kappa shape index (κ3) is 6.67. The van der Waals surface area contributed by atoms with Gasteiger partial charge in [0.15, 0.2) is 0 Å². The molecular weight excluding hydrogens is 278 g/mol. The monoisotopic (exact) mass is 311 g/mol. The van der Waals surface area contributed by atoms with Gasteiger partial charge in [0.1, 0.15) is 0 Å². The first kappa shape index (κ1) is 18.8. The fraction of sp³-hybridized carbons (Fsp3) is 0.882. The van der Waals surface area contributed by atoms with Crippen LogP contribution in [0.4, 0.5) is 4.79 Å². The van der Waals surface area contributed by atoms with Gasteiger partial charge in [-0.05, 0) is 31.6 Å². The smallest absolute Gasteiger partial charge is 0.315 e. The number of hydrogen-bond donors (Lipinski definition) is 2. The Morgan fingerprint density at radius 1 is 1.27 bits per heavy atom. The molecule has 0 bridgehead atoms. The van der Waals surface area contributed by atoms with Crippen molar-refractivity contribution in [3.05, 3.63) is 0 Å². The summed E-state index contributed by atoms with van der Waals surface area (Å²) < 4.78 is 0. The molecule has 1 saturated carbocycles. The normalized spacial score (nSPS) is 22.7. The van der Waals surface area contributed by atoms with Crippen LogP contribution in [0.15, 0.2) is 0 Å². The van der Waals surface area contributed by atoms with Crippen molar-refractivity contribution in [1.29, 1.82) is 0 Å². The second-order valence-corrected chi connectivity index (χ2v) is 6.76. The van der Waals surface area contributed by atoms with Crippen LogP contribution in [0.25, 0.3) is 0 Å². The van der Waals surface area contributed by atoms with Crippen LogP contribution in [0.5, 0.6) is 0 Å². The lowest BCUT2D eigenvalue weighted by Crippen LogP contribution is -2.45. The van der Waals surface area contributed by atoms with Gasteiger partial charge in [0.25, 0.3) is 0 Å². The molecule has 3 atom stereocenters.